The van der Waals surface area contributed by atoms with Gasteiger partial charge in [-0.05, 0) is 18.6 Å². The molecule has 0 aromatic heterocycles. The van der Waals surface area contributed by atoms with Crippen LogP contribution in [0.3, 0.4) is 0 Å². The van der Waals surface area contributed by atoms with Crippen molar-refractivity contribution >= 4 is 6.29 Å². The molecule has 0 spiro atoms. The maximum absolute atomic E-state index is 10.8. The largest absolute Gasteiger partial charge is 0.493 e. The molecular formula is C14H16O3. The molecule has 0 aliphatic heterocycles. The van der Waals surface area contributed by atoms with Crippen LogP contribution < -0.4 is 9.47 Å². The van der Waals surface area contributed by atoms with Crippen molar-refractivity contribution in [1.29, 1.82) is 0 Å². The Kier molecular flexibility index (Phi) is 5.01. The molecule has 3 heteroatoms. The monoisotopic (exact) mass is 232 g/mol. The van der Waals surface area contributed by atoms with Crippen molar-refractivity contribution < 1.29 is 14.3 Å². The zero-order valence-corrected chi connectivity index (χ0v) is 9.94. The van der Waals surface area contributed by atoms with Gasteiger partial charge in [0.05, 0.1) is 7.11 Å². The Balaban J connectivity index is 3.23. The normalized spacial score (nSPS) is 9.47. The molecule has 17 heavy (non-hydrogen) atoms. The first kappa shape index (κ1) is 13.0. The van der Waals surface area contributed by atoms with Crippen molar-refractivity contribution in [2.24, 2.45) is 0 Å². The minimum Gasteiger partial charge on any atom is -0.493 e. The summed E-state index contributed by atoms with van der Waals surface area (Å²) in [6.45, 7) is 7.67. The predicted molar refractivity (Wildman–Crippen MR) is 68.0 cm³/mol. The van der Waals surface area contributed by atoms with Crippen LogP contribution in [0.4, 0.5) is 0 Å². The Bertz CT molecular complexity index is 422. The molecule has 0 unspecified atom stereocenters. The second kappa shape index (κ2) is 6.53. The van der Waals surface area contributed by atoms with Crippen molar-refractivity contribution in [3.05, 3.63) is 48.6 Å². The third kappa shape index (κ3) is 3.21. The number of ether oxygens (including phenoxy) is 2. The fraction of sp³-hybridized carbons (Fsp3) is 0.214. The maximum Gasteiger partial charge on any atom is 0.165 e. The van der Waals surface area contributed by atoms with Gasteiger partial charge >= 0.3 is 0 Å². The maximum atomic E-state index is 10.8. The Hall–Kier alpha value is -2.03. The van der Waals surface area contributed by atoms with E-state index >= 15 is 0 Å². The van der Waals surface area contributed by atoms with Crippen LogP contribution in [0, 0.1) is 0 Å². The summed E-state index contributed by atoms with van der Waals surface area (Å²) < 4.78 is 10.8. The SMILES string of the molecule is C=CCOc1c(CC=C)cc(C=O)cc1OC. The number of rotatable bonds is 7. The molecule has 1 aromatic rings. The average Bonchev–Trinajstić information content (AvgIpc) is 2.36. The van der Waals surface area contributed by atoms with E-state index < -0.39 is 0 Å². The van der Waals surface area contributed by atoms with Gasteiger partial charge in [0.1, 0.15) is 12.9 Å². The quantitative estimate of drug-likeness (QED) is 0.535. The molecule has 0 amide bonds. The van der Waals surface area contributed by atoms with E-state index in [2.05, 4.69) is 13.2 Å². The minimum atomic E-state index is 0.390. The standard InChI is InChI=1S/C14H16O3/c1-4-6-12-8-11(10-15)9-13(16-3)14(12)17-7-5-2/h4-5,8-10H,1-2,6-7H2,3H3. The Morgan fingerprint density at radius 1 is 1.29 bits per heavy atom. The van der Waals surface area contributed by atoms with Gasteiger partial charge in [0.2, 0.25) is 0 Å². The smallest absolute Gasteiger partial charge is 0.165 e. The third-order valence-electron chi connectivity index (χ3n) is 2.22. The lowest BCUT2D eigenvalue weighted by atomic mass is 10.1. The van der Waals surface area contributed by atoms with Crippen LogP contribution >= 0.6 is 0 Å². The number of benzene rings is 1. The van der Waals surface area contributed by atoms with E-state index in [0.29, 0.717) is 30.1 Å². The van der Waals surface area contributed by atoms with Gasteiger partial charge in [-0.3, -0.25) is 4.79 Å². The van der Waals surface area contributed by atoms with E-state index in [1.807, 2.05) is 0 Å². The zero-order valence-electron chi connectivity index (χ0n) is 9.94. The molecule has 0 bridgehead atoms. The summed E-state index contributed by atoms with van der Waals surface area (Å²) >= 11 is 0. The van der Waals surface area contributed by atoms with Gasteiger partial charge < -0.3 is 9.47 Å². The third-order valence-corrected chi connectivity index (χ3v) is 2.22. The second-order valence-electron chi connectivity index (χ2n) is 3.42. The summed E-state index contributed by atoms with van der Waals surface area (Å²) in [6, 6.07) is 3.42. The van der Waals surface area contributed by atoms with E-state index in [-0.39, 0.29) is 0 Å². The van der Waals surface area contributed by atoms with E-state index in [0.717, 1.165) is 11.8 Å². The van der Waals surface area contributed by atoms with Crippen LogP contribution in [-0.4, -0.2) is 20.0 Å². The topological polar surface area (TPSA) is 35.5 Å². The van der Waals surface area contributed by atoms with Crippen LogP contribution in [-0.2, 0) is 6.42 Å². The molecule has 90 valence electrons. The van der Waals surface area contributed by atoms with Gasteiger partial charge in [0, 0.05) is 11.1 Å². The lowest BCUT2D eigenvalue weighted by Gasteiger charge is -2.14. The number of carbonyl (C=O) groups excluding carboxylic acids is 1. The van der Waals surface area contributed by atoms with E-state index in [9.17, 15) is 4.79 Å². The van der Waals surface area contributed by atoms with Crippen molar-refractivity contribution in [2.45, 2.75) is 6.42 Å². The van der Waals surface area contributed by atoms with Gasteiger partial charge in [-0.1, -0.05) is 18.7 Å². The van der Waals surface area contributed by atoms with Gasteiger partial charge in [-0.25, -0.2) is 0 Å². The number of methoxy groups -OCH3 is 1. The highest BCUT2D eigenvalue weighted by Crippen LogP contribution is 2.33. The summed E-state index contributed by atoms with van der Waals surface area (Å²) in [5.74, 6) is 1.19. The van der Waals surface area contributed by atoms with Crippen LogP contribution in [0.1, 0.15) is 15.9 Å². The molecule has 0 saturated carbocycles. The number of allylic oxidation sites excluding steroid dienone is 1. The molecule has 0 aliphatic rings. The van der Waals surface area contributed by atoms with Gasteiger partial charge in [0.15, 0.2) is 11.5 Å². The molecule has 0 radical (unpaired) electrons. The highest BCUT2D eigenvalue weighted by molar-refractivity contribution is 5.77. The fourth-order valence-electron chi connectivity index (χ4n) is 1.52. The molecule has 0 N–H and O–H groups in total. The minimum absolute atomic E-state index is 0.390. The predicted octanol–water partition coefficient (Wildman–Crippen LogP) is 2.80. The second-order valence-corrected chi connectivity index (χ2v) is 3.42. The first-order chi connectivity index (χ1) is 8.26. The zero-order chi connectivity index (χ0) is 12.7. The summed E-state index contributed by atoms with van der Waals surface area (Å²) in [5, 5.41) is 0. The first-order valence-corrected chi connectivity index (χ1v) is 5.27. The Morgan fingerprint density at radius 2 is 2.06 bits per heavy atom. The van der Waals surface area contributed by atoms with Crippen LogP contribution in [0.2, 0.25) is 0 Å². The number of hydrogen-bond acceptors (Lipinski definition) is 3. The van der Waals surface area contributed by atoms with Crippen LogP contribution in [0.15, 0.2) is 37.4 Å². The molecule has 1 rings (SSSR count). The lowest BCUT2D eigenvalue weighted by molar-refractivity contribution is 0.112. The first-order valence-electron chi connectivity index (χ1n) is 5.27. The molecule has 0 atom stereocenters. The summed E-state index contributed by atoms with van der Waals surface area (Å²) in [5.41, 5.74) is 1.44. The highest BCUT2D eigenvalue weighted by Gasteiger charge is 2.11. The Labute approximate surface area is 101 Å². The number of aldehydes is 1. The molecule has 0 aliphatic carbocycles. The molecule has 3 nitrogen and oxygen atoms in total. The van der Waals surface area contributed by atoms with Gasteiger partial charge in [0.25, 0.3) is 0 Å². The van der Waals surface area contributed by atoms with Crippen molar-refractivity contribution in [1.82, 2.24) is 0 Å². The molecule has 1 aromatic carbocycles. The lowest BCUT2D eigenvalue weighted by Crippen LogP contribution is -2.01. The average molecular weight is 232 g/mol. The molecule has 0 saturated heterocycles. The molecular weight excluding hydrogens is 216 g/mol. The van der Waals surface area contributed by atoms with E-state index in [1.165, 1.54) is 0 Å². The number of hydrogen-bond donors (Lipinski definition) is 0. The molecule has 0 heterocycles. The molecule has 0 fully saturated rings. The van der Waals surface area contributed by atoms with E-state index in [1.54, 1.807) is 31.4 Å². The summed E-state index contributed by atoms with van der Waals surface area (Å²) in [7, 11) is 1.54. The van der Waals surface area contributed by atoms with Crippen molar-refractivity contribution in [3.63, 3.8) is 0 Å². The van der Waals surface area contributed by atoms with Gasteiger partial charge in [-0.2, -0.15) is 0 Å². The summed E-state index contributed by atoms with van der Waals surface area (Å²) in [6.07, 6.45) is 4.81. The van der Waals surface area contributed by atoms with Crippen molar-refractivity contribution in [3.8, 4) is 11.5 Å². The Morgan fingerprint density at radius 3 is 2.59 bits per heavy atom. The van der Waals surface area contributed by atoms with Gasteiger partial charge in [-0.15, -0.1) is 6.58 Å². The highest BCUT2D eigenvalue weighted by atomic mass is 16.5. The summed E-state index contributed by atoms with van der Waals surface area (Å²) in [4.78, 5) is 10.8. The van der Waals surface area contributed by atoms with Crippen molar-refractivity contribution in [2.75, 3.05) is 13.7 Å². The van der Waals surface area contributed by atoms with Crippen LogP contribution in [0.25, 0.3) is 0 Å². The van der Waals surface area contributed by atoms with Crippen LogP contribution in [0.5, 0.6) is 11.5 Å². The fourth-order valence-corrected chi connectivity index (χ4v) is 1.52. The van der Waals surface area contributed by atoms with E-state index in [4.69, 9.17) is 9.47 Å². The number of carbonyl (C=O) groups is 1.